The van der Waals surface area contributed by atoms with E-state index in [1.54, 1.807) is 12.4 Å². The van der Waals surface area contributed by atoms with E-state index in [9.17, 15) is 0 Å². The van der Waals surface area contributed by atoms with Gasteiger partial charge >= 0.3 is 0 Å². The minimum atomic E-state index is -0.00966. The normalized spacial score (nSPS) is 11.5. The fourth-order valence-electron chi connectivity index (χ4n) is 1.53. The van der Waals surface area contributed by atoms with Crippen LogP contribution < -0.4 is 0 Å². The van der Waals surface area contributed by atoms with Gasteiger partial charge in [-0.1, -0.05) is 50.6 Å². The van der Waals surface area contributed by atoms with Crippen molar-refractivity contribution in [3.05, 3.63) is 47.4 Å². The Kier molecular flexibility index (Phi) is 3.16. The highest BCUT2D eigenvalue weighted by atomic mass is 35.5. The summed E-state index contributed by atoms with van der Waals surface area (Å²) in [6.45, 7) is 6.36. The molecule has 0 bridgehead atoms. The van der Waals surface area contributed by atoms with Crippen LogP contribution in [0.4, 0.5) is 0 Å². The number of hydrogen-bond acceptors (Lipinski definition) is 2. The molecule has 0 saturated heterocycles. The predicted octanol–water partition coefficient (Wildman–Crippen LogP) is 4.09. The molecule has 1 heterocycles. The third-order valence-electron chi connectivity index (χ3n) is 2.55. The zero-order chi connectivity index (χ0) is 12.5. The Hall–Kier alpha value is -1.41. The van der Waals surface area contributed by atoms with Crippen molar-refractivity contribution < 1.29 is 0 Å². The summed E-state index contributed by atoms with van der Waals surface area (Å²) in [5.41, 5.74) is 2.70. The lowest BCUT2D eigenvalue weighted by Crippen LogP contribution is -2.14. The third kappa shape index (κ3) is 2.64. The Labute approximate surface area is 107 Å². The highest BCUT2D eigenvalue weighted by Crippen LogP contribution is 2.27. The van der Waals surface area contributed by atoms with Crippen LogP contribution in [0.1, 0.15) is 26.5 Å². The zero-order valence-electron chi connectivity index (χ0n) is 10.2. The number of benzene rings is 1. The first-order chi connectivity index (χ1) is 7.98. The van der Waals surface area contributed by atoms with Crippen LogP contribution >= 0.6 is 11.6 Å². The minimum absolute atomic E-state index is 0.00966. The molecule has 2 aromatic rings. The molecule has 0 aliphatic heterocycles. The molecule has 0 amide bonds. The van der Waals surface area contributed by atoms with E-state index >= 15 is 0 Å². The predicted molar refractivity (Wildman–Crippen MR) is 71.2 cm³/mol. The van der Waals surface area contributed by atoms with Crippen LogP contribution in [0.3, 0.4) is 0 Å². The molecular weight excluding hydrogens is 232 g/mol. The molecule has 0 atom stereocenters. The number of nitrogens with zero attached hydrogens (tertiary/aromatic N) is 2. The Bertz CT molecular complexity index is 530. The van der Waals surface area contributed by atoms with Crippen LogP contribution in [0.15, 0.2) is 36.7 Å². The van der Waals surface area contributed by atoms with Crippen molar-refractivity contribution in [2.75, 3.05) is 0 Å². The van der Waals surface area contributed by atoms with E-state index in [-0.39, 0.29) is 5.41 Å². The standard InChI is InChI=1S/C14H15ClN2/c1-14(2,3)13-9-16-8-12(17-13)10-6-4-5-7-11(10)15/h4-9H,1-3H3. The van der Waals surface area contributed by atoms with Gasteiger partial charge in [-0.25, -0.2) is 4.98 Å². The van der Waals surface area contributed by atoms with Crippen molar-refractivity contribution in [3.63, 3.8) is 0 Å². The van der Waals surface area contributed by atoms with E-state index in [1.165, 1.54) is 0 Å². The maximum atomic E-state index is 6.16. The zero-order valence-corrected chi connectivity index (χ0v) is 11.0. The van der Waals surface area contributed by atoms with E-state index in [1.807, 2.05) is 24.3 Å². The summed E-state index contributed by atoms with van der Waals surface area (Å²) in [7, 11) is 0. The van der Waals surface area contributed by atoms with E-state index in [2.05, 4.69) is 30.7 Å². The van der Waals surface area contributed by atoms with E-state index in [4.69, 9.17) is 11.6 Å². The summed E-state index contributed by atoms with van der Waals surface area (Å²) in [6, 6.07) is 7.68. The van der Waals surface area contributed by atoms with Gasteiger partial charge in [0.05, 0.1) is 22.6 Å². The summed E-state index contributed by atoms with van der Waals surface area (Å²) in [5.74, 6) is 0. The molecule has 0 aliphatic carbocycles. The molecule has 0 saturated carbocycles. The molecule has 88 valence electrons. The van der Waals surface area contributed by atoms with Crippen LogP contribution in [-0.2, 0) is 5.41 Å². The summed E-state index contributed by atoms with van der Waals surface area (Å²) in [4.78, 5) is 8.88. The van der Waals surface area contributed by atoms with E-state index in [0.29, 0.717) is 5.02 Å². The van der Waals surface area contributed by atoms with Gasteiger partial charge in [0, 0.05) is 17.2 Å². The van der Waals surface area contributed by atoms with Crippen LogP contribution in [0, 0.1) is 0 Å². The molecule has 2 rings (SSSR count). The molecule has 0 radical (unpaired) electrons. The van der Waals surface area contributed by atoms with Gasteiger partial charge < -0.3 is 0 Å². The summed E-state index contributed by atoms with van der Waals surface area (Å²) < 4.78 is 0. The second kappa shape index (κ2) is 4.46. The topological polar surface area (TPSA) is 25.8 Å². The van der Waals surface area contributed by atoms with Gasteiger partial charge in [-0.05, 0) is 6.07 Å². The molecule has 2 nitrogen and oxygen atoms in total. The molecule has 17 heavy (non-hydrogen) atoms. The van der Waals surface area contributed by atoms with Gasteiger partial charge in [0.25, 0.3) is 0 Å². The number of hydrogen-bond donors (Lipinski definition) is 0. The Morgan fingerprint density at radius 2 is 1.76 bits per heavy atom. The highest BCUT2D eigenvalue weighted by Gasteiger charge is 2.17. The second-order valence-corrected chi connectivity index (χ2v) is 5.43. The molecule has 3 heteroatoms. The quantitative estimate of drug-likeness (QED) is 0.757. The van der Waals surface area contributed by atoms with E-state index in [0.717, 1.165) is 17.0 Å². The van der Waals surface area contributed by atoms with Crippen molar-refractivity contribution in [2.45, 2.75) is 26.2 Å². The molecule has 1 aromatic carbocycles. The second-order valence-electron chi connectivity index (χ2n) is 5.02. The van der Waals surface area contributed by atoms with Crippen molar-refractivity contribution >= 4 is 11.6 Å². The van der Waals surface area contributed by atoms with Crippen molar-refractivity contribution in [3.8, 4) is 11.3 Å². The fourth-order valence-corrected chi connectivity index (χ4v) is 1.76. The number of halogens is 1. The maximum absolute atomic E-state index is 6.16. The number of aromatic nitrogens is 2. The lowest BCUT2D eigenvalue weighted by Gasteiger charge is -2.17. The largest absolute Gasteiger partial charge is 0.261 e. The monoisotopic (exact) mass is 246 g/mol. The van der Waals surface area contributed by atoms with Gasteiger partial charge in [0.2, 0.25) is 0 Å². The van der Waals surface area contributed by atoms with Crippen molar-refractivity contribution in [1.29, 1.82) is 0 Å². The molecule has 1 aromatic heterocycles. The van der Waals surface area contributed by atoms with Gasteiger partial charge in [-0.3, -0.25) is 4.98 Å². The molecule has 0 unspecified atom stereocenters. The Morgan fingerprint density at radius 3 is 2.41 bits per heavy atom. The first-order valence-electron chi connectivity index (χ1n) is 5.56. The van der Waals surface area contributed by atoms with Gasteiger partial charge in [0.15, 0.2) is 0 Å². The lowest BCUT2D eigenvalue weighted by molar-refractivity contribution is 0.566. The van der Waals surface area contributed by atoms with Crippen LogP contribution in [0.25, 0.3) is 11.3 Å². The van der Waals surface area contributed by atoms with Crippen molar-refractivity contribution in [2.24, 2.45) is 0 Å². The van der Waals surface area contributed by atoms with Crippen LogP contribution in [0.2, 0.25) is 5.02 Å². The summed E-state index contributed by atoms with van der Waals surface area (Å²) in [6.07, 6.45) is 3.55. The van der Waals surface area contributed by atoms with Gasteiger partial charge in [0.1, 0.15) is 0 Å². The third-order valence-corrected chi connectivity index (χ3v) is 2.88. The van der Waals surface area contributed by atoms with Gasteiger partial charge in [-0.2, -0.15) is 0 Å². The molecule has 0 spiro atoms. The Balaban J connectivity index is 2.51. The van der Waals surface area contributed by atoms with Crippen LogP contribution in [-0.4, -0.2) is 9.97 Å². The minimum Gasteiger partial charge on any atom is -0.261 e. The summed E-state index contributed by atoms with van der Waals surface area (Å²) in [5, 5.41) is 0.702. The first-order valence-corrected chi connectivity index (χ1v) is 5.94. The van der Waals surface area contributed by atoms with E-state index < -0.39 is 0 Å². The smallest absolute Gasteiger partial charge is 0.0903 e. The highest BCUT2D eigenvalue weighted by molar-refractivity contribution is 6.33. The number of rotatable bonds is 1. The molecule has 0 fully saturated rings. The lowest BCUT2D eigenvalue weighted by atomic mass is 9.92. The molecule has 0 N–H and O–H groups in total. The molecule has 0 aliphatic rings. The Morgan fingerprint density at radius 1 is 1.06 bits per heavy atom. The SMILES string of the molecule is CC(C)(C)c1cncc(-c2ccccc2Cl)n1. The van der Waals surface area contributed by atoms with Crippen molar-refractivity contribution in [1.82, 2.24) is 9.97 Å². The van der Waals surface area contributed by atoms with Crippen LogP contribution in [0.5, 0.6) is 0 Å². The average molecular weight is 247 g/mol. The summed E-state index contributed by atoms with van der Waals surface area (Å²) >= 11 is 6.16. The fraction of sp³-hybridized carbons (Fsp3) is 0.286. The first kappa shape index (κ1) is 12.1. The van der Waals surface area contributed by atoms with Gasteiger partial charge in [-0.15, -0.1) is 0 Å². The molecular formula is C14H15ClN2. The average Bonchev–Trinajstić information content (AvgIpc) is 2.29. The maximum Gasteiger partial charge on any atom is 0.0903 e.